The van der Waals surface area contributed by atoms with Gasteiger partial charge >= 0.3 is 0 Å². The number of thiocarbonyl (C=S) groups is 1. The van der Waals surface area contributed by atoms with Gasteiger partial charge in [0.2, 0.25) is 0 Å². The van der Waals surface area contributed by atoms with Crippen LogP contribution in [0.2, 0.25) is 0 Å². The Bertz CT molecular complexity index is 728. The second-order valence-electron chi connectivity index (χ2n) is 7.42. The van der Waals surface area contributed by atoms with E-state index >= 15 is 0 Å². The lowest BCUT2D eigenvalue weighted by Crippen LogP contribution is -2.50. The summed E-state index contributed by atoms with van der Waals surface area (Å²) < 4.78 is 2.37. The van der Waals surface area contributed by atoms with E-state index in [-0.39, 0.29) is 6.04 Å². The third kappa shape index (κ3) is 3.45. The van der Waals surface area contributed by atoms with Gasteiger partial charge in [-0.15, -0.1) is 0 Å². The van der Waals surface area contributed by atoms with Crippen LogP contribution in [0.1, 0.15) is 55.0 Å². The normalized spacial score (nSPS) is 21.0. The second kappa shape index (κ2) is 7.20. The molecule has 1 aromatic carbocycles. The fourth-order valence-electron chi connectivity index (χ4n) is 4.21. The minimum absolute atomic E-state index is 0.202. The summed E-state index contributed by atoms with van der Waals surface area (Å²) in [7, 11) is 0. The van der Waals surface area contributed by atoms with E-state index < -0.39 is 0 Å². The average molecular weight is 354 g/mol. The predicted molar refractivity (Wildman–Crippen MR) is 107 cm³/mol. The molecule has 1 aliphatic heterocycles. The van der Waals surface area contributed by atoms with Crippen molar-refractivity contribution in [3.63, 3.8) is 0 Å². The highest BCUT2D eigenvalue weighted by Crippen LogP contribution is 2.33. The number of nitrogens with one attached hydrogen (secondary N) is 1. The molecule has 1 saturated carbocycles. The molecule has 2 aromatic rings. The van der Waals surface area contributed by atoms with Gasteiger partial charge in [0.15, 0.2) is 5.11 Å². The minimum Gasteiger partial charge on any atom is -0.360 e. The Labute approximate surface area is 156 Å². The van der Waals surface area contributed by atoms with Crippen molar-refractivity contribution in [1.82, 2.24) is 14.8 Å². The van der Waals surface area contributed by atoms with Crippen molar-refractivity contribution in [2.75, 3.05) is 6.54 Å². The van der Waals surface area contributed by atoms with E-state index in [0.717, 1.165) is 18.2 Å². The van der Waals surface area contributed by atoms with E-state index in [0.29, 0.717) is 6.04 Å². The molecule has 1 atom stereocenters. The summed E-state index contributed by atoms with van der Waals surface area (Å²) in [6, 6.07) is 14.0. The Morgan fingerprint density at radius 2 is 1.80 bits per heavy atom. The van der Waals surface area contributed by atoms with E-state index in [4.69, 9.17) is 12.2 Å². The first-order valence-electron chi connectivity index (χ1n) is 9.51. The van der Waals surface area contributed by atoms with Crippen molar-refractivity contribution in [1.29, 1.82) is 0 Å². The molecule has 3 nitrogen and oxygen atoms in total. The molecule has 1 fully saturated rings. The van der Waals surface area contributed by atoms with Gasteiger partial charge in [0.1, 0.15) is 0 Å². The number of hydrogen-bond donors (Lipinski definition) is 1. The molecular weight excluding hydrogens is 326 g/mol. The van der Waals surface area contributed by atoms with Crippen LogP contribution in [0.5, 0.6) is 0 Å². The molecule has 2 aliphatic rings. The van der Waals surface area contributed by atoms with Gasteiger partial charge in [-0.1, -0.05) is 49.1 Å². The molecule has 0 saturated heterocycles. The van der Waals surface area contributed by atoms with Crippen LogP contribution in [0.15, 0.2) is 42.6 Å². The van der Waals surface area contributed by atoms with Gasteiger partial charge in [-0.3, -0.25) is 0 Å². The van der Waals surface area contributed by atoms with E-state index in [1.807, 2.05) is 0 Å². The number of nitrogens with zero attached hydrogens (tertiary/aromatic N) is 2. The lowest BCUT2D eigenvalue weighted by atomic mass is 9.95. The Balaban J connectivity index is 1.61. The third-order valence-electron chi connectivity index (χ3n) is 5.62. The Morgan fingerprint density at radius 1 is 1.04 bits per heavy atom. The molecule has 0 spiro atoms. The quantitative estimate of drug-likeness (QED) is 0.808. The highest BCUT2D eigenvalue weighted by molar-refractivity contribution is 7.80. The fourth-order valence-corrected chi connectivity index (χ4v) is 4.57. The monoisotopic (exact) mass is 353 g/mol. The predicted octanol–water partition coefficient (Wildman–Crippen LogP) is 4.41. The maximum absolute atomic E-state index is 5.87. The molecule has 25 heavy (non-hydrogen) atoms. The van der Waals surface area contributed by atoms with Crippen molar-refractivity contribution in [3.8, 4) is 0 Å². The molecule has 0 bridgehead atoms. The molecule has 1 N–H and O–H groups in total. The van der Waals surface area contributed by atoms with Gasteiger partial charge in [-0.05, 0) is 49.7 Å². The van der Waals surface area contributed by atoms with Gasteiger partial charge in [0, 0.05) is 31.0 Å². The fraction of sp³-hybridized carbons (Fsp3) is 0.476. The Morgan fingerprint density at radius 3 is 2.56 bits per heavy atom. The highest BCUT2D eigenvalue weighted by Gasteiger charge is 2.31. The second-order valence-corrected chi connectivity index (χ2v) is 7.80. The van der Waals surface area contributed by atoms with Gasteiger partial charge in [-0.25, -0.2) is 0 Å². The molecule has 0 amide bonds. The maximum Gasteiger partial charge on any atom is 0.170 e. The van der Waals surface area contributed by atoms with Crippen molar-refractivity contribution in [2.45, 2.75) is 57.7 Å². The van der Waals surface area contributed by atoms with Crippen molar-refractivity contribution < 1.29 is 0 Å². The number of aromatic nitrogens is 1. The van der Waals surface area contributed by atoms with Crippen LogP contribution in [-0.4, -0.2) is 27.2 Å². The summed E-state index contributed by atoms with van der Waals surface area (Å²) in [4.78, 5) is 2.39. The zero-order valence-electron chi connectivity index (χ0n) is 14.9. The van der Waals surface area contributed by atoms with Crippen LogP contribution < -0.4 is 5.32 Å². The molecule has 2 heterocycles. The minimum atomic E-state index is 0.202. The SMILES string of the molecule is Cc1ccc(C2c3cccn3CCN2C(=S)NC2CCCCC2)cc1. The lowest BCUT2D eigenvalue weighted by molar-refractivity contribution is 0.278. The van der Waals surface area contributed by atoms with Gasteiger partial charge in [-0.2, -0.15) is 0 Å². The van der Waals surface area contributed by atoms with E-state index in [2.05, 4.69) is 64.3 Å². The summed E-state index contributed by atoms with van der Waals surface area (Å²) in [5.41, 5.74) is 3.95. The average Bonchev–Trinajstić information content (AvgIpc) is 3.11. The van der Waals surface area contributed by atoms with Crippen molar-refractivity contribution in [2.24, 2.45) is 0 Å². The van der Waals surface area contributed by atoms with Crippen LogP contribution in [0.25, 0.3) is 0 Å². The molecule has 1 aromatic heterocycles. The standard InChI is InChI=1S/C21H27N3S/c1-16-9-11-17(12-10-16)20-19-8-5-13-23(19)14-15-24(20)21(25)22-18-6-3-2-4-7-18/h5,8-13,18,20H,2-4,6-7,14-15H2,1H3,(H,22,25). The van der Waals surface area contributed by atoms with E-state index in [9.17, 15) is 0 Å². The van der Waals surface area contributed by atoms with Crippen LogP contribution in [0, 0.1) is 6.92 Å². The van der Waals surface area contributed by atoms with Crippen molar-refractivity contribution >= 4 is 17.3 Å². The zero-order chi connectivity index (χ0) is 17.2. The molecule has 0 radical (unpaired) electrons. The molecule has 1 unspecified atom stereocenters. The summed E-state index contributed by atoms with van der Waals surface area (Å²) >= 11 is 5.87. The number of hydrogen-bond acceptors (Lipinski definition) is 1. The number of aryl methyl sites for hydroxylation is 1. The largest absolute Gasteiger partial charge is 0.360 e. The molecule has 4 heteroatoms. The lowest BCUT2D eigenvalue weighted by Gasteiger charge is -2.40. The zero-order valence-corrected chi connectivity index (χ0v) is 15.8. The highest BCUT2D eigenvalue weighted by atomic mass is 32.1. The first kappa shape index (κ1) is 16.6. The van der Waals surface area contributed by atoms with Crippen LogP contribution in [0.3, 0.4) is 0 Å². The first-order chi connectivity index (χ1) is 12.2. The van der Waals surface area contributed by atoms with Gasteiger partial charge < -0.3 is 14.8 Å². The number of rotatable bonds is 2. The first-order valence-corrected chi connectivity index (χ1v) is 9.92. The topological polar surface area (TPSA) is 20.2 Å². The Kier molecular flexibility index (Phi) is 4.80. The van der Waals surface area contributed by atoms with Gasteiger partial charge in [0.05, 0.1) is 6.04 Å². The molecular formula is C21H27N3S. The smallest absolute Gasteiger partial charge is 0.170 e. The van der Waals surface area contributed by atoms with Crippen LogP contribution >= 0.6 is 12.2 Å². The summed E-state index contributed by atoms with van der Waals surface area (Å²) in [6.45, 7) is 4.09. The summed E-state index contributed by atoms with van der Waals surface area (Å²) in [5.74, 6) is 0. The van der Waals surface area contributed by atoms with Gasteiger partial charge in [0.25, 0.3) is 0 Å². The van der Waals surface area contributed by atoms with E-state index in [1.54, 1.807) is 0 Å². The summed E-state index contributed by atoms with van der Waals surface area (Å²) in [5, 5.41) is 4.59. The molecule has 4 rings (SSSR count). The number of benzene rings is 1. The summed E-state index contributed by atoms with van der Waals surface area (Å²) in [6.07, 6.45) is 8.70. The van der Waals surface area contributed by atoms with Crippen molar-refractivity contribution in [3.05, 3.63) is 59.4 Å². The van der Waals surface area contributed by atoms with E-state index in [1.165, 1.54) is 48.9 Å². The molecule has 1 aliphatic carbocycles. The third-order valence-corrected chi connectivity index (χ3v) is 5.98. The van der Waals surface area contributed by atoms with Crippen LogP contribution in [0.4, 0.5) is 0 Å². The maximum atomic E-state index is 5.87. The Hall–Kier alpha value is -1.81. The number of fused-ring (bicyclic) bond motifs is 1. The van der Waals surface area contributed by atoms with Crippen LogP contribution in [-0.2, 0) is 6.54 Å². The molecule has 132 valence electrons.